The van der Waals surface area contributed by atoms with E-state index in [0.717, 1.165) is 17.1 Å². The van der Waals surface area contributed by atoms with Crippen molar-refractivity contribution in [2.45, 2.75) is 19.5 Å². The second kappa shape index (κ2) is 5.18. The summed E-state index contributed by atoms with van der Waals surface area (Å²) in [6, 6.07) is 10.8. The molecule has 1 atom stereocenters. The van der Waals surface area contributed by atoms with Crippen molar-refractivity contribution in [3.05, 3.63) is 51.7 Å². The monoisotopic (exact) mass is 274 g/mol. The Morgan fingerprint density at radius 1 is 1.28 bits per heavy atom. The first-order chi connectivity index (χ1) is 8.83. The second-order valence-electron chi connectivity index (χ2n) is 4.23. The molecule has 2 heterocycles. The van der Waals surface area contributed by atoms with Crippen molar-refractivity contribution in [3.63, 3.8) is 0 Å². The van der Waals surface area contributed by atoms with E-state index in [-0.39, 0.29) is 0 Å². The number of benzene rings is 1. The molecule has 1 aromatic carbocycles. The van der Waals surface area contributed by atoms with Crippen LogP contribution in [0.1, 0.15) is 23.5 Å². The van der Waals surface area contributed by atoms with Crippen LogP contribution >= 0.6 is 22.7 Å². The number of nitrogens with one attached hydrogen (secondary N) is 1. The third kappa shape index (κ3) is 2.46. The maximum absolute atomic E-state index is 4.62. The van der Waals surface area contributed by atoms with Crippen molar-refractivity contribution in [3.8, 4) is 0 Å². The van der Waals surface area contributed by atoms with E-state index in [2.05, 4.69) is 52.3 Å². The van der Waals surface area contributed by atoms with Crippen molar-refractivity contribution in [1.82, 2.24) is 10.3 Å². The molecule has 2 aromatic heterocycles. The Morgan fingerprint density at radius 2 is 2.17 bits per heavy atom. The van der Waals surface area contributed by atoms with Gasteiger partial charge in [-0.3, -0.25) is 0 Å². The van der Waals surface area contributed by atoms with Crippen LogP contribution in [0, 0.1) is 0 Å². The van der Waals surface area contributed by atoms with Gasteiger partial charge in [0, 0.05) is 12.6 Å². The molecule has 0 saturated heterocycles. The number of hydrogen-bond acceptors (Lipinski definition) is 4. The van der Waals surface area contributed by atoms with Crippen LogP contribution in [-0.2, 0) is 6.54 Å². The van der Waals surface area contributed by atoms with Gasteiger partial charge < -0.3 is 5.32 Å². The quantitative estimate of drug-likeness (QED) is 0.771. The van der Waals surface area contributed by atoms with Crippen LogP contribution in [0.2, 0.25) is 0 Å². The molecule has 0 radical (unpaired) electrons. The predicted octanol–water partition coefficient (Wildman–Crippen LogP) is 4.21. The minimum absolute atomic E-state index is 0.378. The molecule has 3 rings (SSSR count). The zero-order valence-corrected chi connectivity index (χ0v) is 11.7. The number of thiazole rings is 1. The van der Waals surface area contributed by atoms with E-state index >= 15 is 0 Å². The number of para-hydroxylation sites is 1. The smallest absolute Gasteiger partial charge is 0.108 e. The molecular formula is C14H14N2S2. The highest BCUT2D eigenvalue weighted by atomic mass is 32.1. The normalized spacial score (nSPS) is 12.9. The Bertz CT molecular complexity index is 595. The number of thiophene rings is 1. The summed E-state index contributed by atoms with van der Waals surface area (Å²) in [4.78, 5) is 4.62. The molecule has 0 bridgehead atoms. The van der Waals surface area contributed by atoms with Gasteiger partial charge in [0.05, 0.1) is 10.2 Å². The molecule has 0 fully saturated rings. The van der Waals surface area contributed by atoms with Crippen LogP contribution in [0.25, 0.3) is 10.2 Å². The molecule has 0 spiro atoms. The summed E-state index contributed by atoms with van der Waals surface area (Å²) >= 11 is 3.51. The molecule has 1 unspecified atom stereocenters. The van der Waals surface area contributed by atoms with E-state index in [0.29, 0.717) is 6.04 Å². The summed E-state index contributed by atoms with van der Waals surface area (Å²) in [6.07, 6.45) is 0. The minimum Gasteiger partial charge on any atom is -0.304 e. The Balaban J connectivity index is 1.69. The summed E-state index contributed by atoms with van der Waals surface area (Å²) < 4.78 is 1.26. The van der Waals surface area contributed by atoms with E-state index < -0.39 is 0 Å². The zero-order chi connectivity index (χ0) is 12.4. The third-order valence-electron chi connectivity index (χ3n) is 2.94. The minimum atomic E-state index is 0.378. The van der Waals surface area contributed by atoms with Gasteiger partial charge in [-0.1, -0.05) is 12.1 Å². The third-order valence-corrected chi connectivity index (χ3v) is 4.68. The number of hydrogen-bond donors (Lipinski definition) is 1. The second-order valence-corrected chi connectivity index (χ2v) is 6.13. The first-order valence-corrected chi connectivity index (χ1v) is 7.69. The van der Waals surface area contributed by atoms with Gasteiger partial charge in [-0.05, 0) is 41.4 Å². The van der Waals surface area contributed by atoms with Crippen LogP contribution in [0.3, 0.4) is 0 Å². The fourth-order valence-electron chi connectivity index (χ4n) is 1.88. The lowest BCUT2D eigenvalue weighted by atomic mass is 10.2. The zero-order valence-electron chi connectivity index (χ0n) is 10.1. The molecule has 0 aliphatic carbocycles. The van der Waals surface area contributed by atoms with Gasteiger partial charge in [-0.15, -0.1) is 11.3 Å². The summed E-state index contributed by atoms with van der Waals surface area (Å²) in [7, 11) is 0. The van der Waals surface area contributed by atoms with E-state index in [1.807, 2.05) is 6.07 Å². The van der Waals surface area contributed by atoms with Gasteiger partial charge in [0.1, 0.15) is 5.01 Å². The van der Waals surface area contributed by atoms with Crippen LogP contribution in [-0.4, -0.2) is 4.98 Å². The molecule has 0 saturated carbocycles. The Labute approximate surface area is 114 Å². The van der Waals surface area contributed by atoms with Crippen LogP contribution in [0.5, 0.6) is 0 Å². The van der Waals surface area contributed by atoms with Crippen molar-refractivity contribution in [1.29, 1.82) is 0 Å². The molecule has 3 aromatic rings. The maximum atomic E-state index is 4.62. The van der Waals surface area contributed by atoms with Gasteiger partial charge in [0.15, 0.2) is 0 Å². The summed E-state index contributed by atoms with van der Waals surface area (Å²) in [6.45, 7) is 3.02. The highest BCUT2D eigenvalue weighted by Crippen LogP contribution is 2.22. The van der Waals surface area contributed by atoms with E-state index in [9.17, 15) is 0 Å². The predicted molar refractivity (Wildman–Crippen MR) is 79.2 cm³/mol. The summed E-state index contributed by atoms with van der Waals surface area (Å²) in [5, 5.41) is 8.97. The lowest BCUT2D eigenvalue weighted by molar-refractivity contribution is 0.575. The van der Waals surface area contributed by atoms with Crippen molar-refractivity contribution >= 4 is 32.9 Å². The average Bonchev–Trinajstić information content (AvgIpc) is 3.04. The highest BCUT2D eigenvalue weighted by molar-refractivity contribution is 7.18. The number of rotatable bonds is 4. The molecule has 4 heteroatoms. The first-order valence-electron chi connectivity index (χ1n) is 5.93. The van der Waals surface area contributed by atoms with Crippen LogP contribution in [0.4, 0.5) is 0 Å². The fourth-order valence-corrected chi connectivity index (χ4v) is 3.55. The van der Waals surface area contributed by atoms with Gasteiger partial charge in [-0.25, -0.2) is 4.98 Å². The Morgan fingerprint density at radius 3 is 2.94 bits per heavy atom. The lowest BCUT2D eigenvalue weighted by Gasteiger charge is -2.10. The molecule has 0 aliphatic rings. The van der Waals surface area contributed by atoms with Gasteiger partial charge in [-0.2, -0.15) is 11.3 Å². The molecule has 18 heavy (non-hydrogen) atoms. The Kier molecular flexibility index (Phi) is 3.41. The van der Waals surface area contributed by atoms with Crippen LogP contribution < -0.4 is 5.32 Å². The number of fused-ring (bicyclic) bond motifs is 1. The molecule has 1 N–H and O–H groups in total. The van der Waals surface area contributed by atoms with E-state index in [4.69, 9.17) is 0 Å². The van der Waals surface area contributed by atoms with Crippen LogP contribution in [0.15, 0.2) is 41.1 Å². The lowest BCUT2D eigenvalue weighted by Crippen LogP contribution is -2.17. The van der Waals surface area contributed by atoms with Crippen molar-refractivity contribution in [2.75, 3.05) is 0 Å². The first kappa shape index (κ1) is 11.8. The standard InChI is InChI=1S/C14H14N2S2/c1-10(11-6-7-17-9-11)15-8-14-16-12-4-2-3-5-13(12)18-14/h2-7,9-10,15H,8H2,1H3. The number of nitrogens with zero attached hydrogens (tertiary/aromatic N) is 1. The molecule has 2 nitrogen and oxygen atoms in total. The van der Waals surface area contributed by atoms with Gasteiger partial charge in [0.2, 0.25) is 0 Å². The number of aromatic nitrogens is 1. The van der Waals surface area contributed by atoms with Crippen molar-refractivity contribution in [2.24, 2.45) is 0 Å². The highest BCUT2D eigenvalue weighted by Gasteiger charge is 2.07. The van der Waals surface area contributed by atoms with Gasteiger partial charge >= 0.3 is 0 Å². The Hall–Kier alpha value is -1.23. The summed E-state index contributed by atoms with van der Waals surface area (Å²) in [5.41, 5.74) is 2.45. The SMILES string of the molecule is CC(NCc1nc2ccccc2s1)c1ccsc1. The maximum Gasteiger partial charge on any atom is 0.108 e. The van der Waals surface area contributed by atoms with E-state index in [1.54, 1.807) is 22.7 Å². The molecular weight excluding hydrogens is 260 g/mol. The molecule has 0 aliphatic heterocycles. The topological polar surface area (TPSA) is 24.9 Å². The molecule has 92 valence electrons. The average molecular weight is 274 g/mol. The molecule has 0 amide bonds. The van der Waals surface area contributed by atoms with Gasteiger partial charge in [0.25, 0.3) is 0 Å². The largest absolute Gasteiger partial charge is 0.304 e. The van der Waals surface area contributed by atoms with Crippen molar-refractivity contribution < 1.29 is 0 Å². The summed E-state index contributed by atoms with van der Waals surface area (Å²) in [5.74, 6) is 0. The van der Waals surface area contributed by atoms with E-state index in [1.165, 1.54) is 10.3 Å². The fraction of sp³-hybridized carbons (Fsp3) is 0.214.